The maximum absolute atomic E-state index is 11.5. The van der Waals surface area contributed by atoms with E-state index in [0.717, 1.165) is 0 Å². The van der Waals surface area contributed by atoms with Gasteiger partial charge in [-0.15, -0.1) is 0 Å². The van der Waals surface area contributed by atoms with Gasteiger partial charge in [0.25, 0.3) is 0 Å². The molecule has 9 heteroatoms. The largest absolute Gasteiger partial charge is 0.393 e. The smallest absolute Gasteiger partial charge is 0.330 e. The highest BCUT2D eigenvalue weighted by atomic mass is 16.6. The van der Waals surface area contributed by atoms with Crippen LogP contribution in [0.5, 0.6) is 0 Å². The van der Waals surface area contributed by atoms with Crippen molar-refractivity contribution in [2.75, 3.05) is 0 Å². The lowest BCUT2D eigenvalue weighted by molar-refractivity contribution is -0.160. The zero-order valence-electron chi connectivity index (χ0n) is 13.2. The zero-order chi connectivity index (χ0) is 18.4. The van der Waals surface area contributed by atoms with E-state index < -0.39 is 29.9 Å². The molecule has 0 aromatic carbocycles. The van der Waals surface area contributed by atoms with Gasteiger partial charge in [0.1, 0.15) is 18.6 Å². The Bertz CT molecular complexity index is 474. The minimum atomic E-state index is -1.21. The molecule has 1 atom stereocenters. The first-order valence-corrected chi connectivity index (χ1v) is 7.51. The molecule has 0 rings (SSSR count). The molecule has 0 unspecified atom stereocenters. The Kier molecular flexibility index (Phi) is 11.7. The topological polar surface area (TPSA) is 147 Å². The number of unbranched alkanes of at least 4 members (excludes halogenated alkanes) is 2. The average Bonchev–Trinajstić information content (AvgIpc) is 2.53. The van der Waals surface area contributed by atoms with Crippen molar-refractivity contribution in [1.29, 1.82) is 0 Å². The van der Waals surface area contributed by atoms with Crippen LogP contribution in [-0.4, -0.2) is 42.5 Å². The predicted octanol–water partition coefficient (Wildman–Crippen LogP) is -0.0281. The van der Waals surface area contributed by atoms with E-state index in [2.05, 4.69) is 9.47 Å². The van der Waals surface area contributed by atoms with Crippen LogP contribution in [0.4, 0.5) is 0 Å². The van der Waals surface area contributed by atoms with Crippen LogP contribution in [0.1, 0.15) is 51.4 Å². The van der Waals surface area contributed by atoms with Crippen LogP contribution in [0.15, 0.2) is 0 Å². The van der Waals surface area contributed by atoms with Gasteiger partial charge in [-0.3, -0.25) is 14.4 Å². The lowest BCUT2D eigenvalue weighted by Gasteiger charge is -2.09. The van der Waals surface area contributed by atoms with Gasteiger partial charge < -0.3 is 24.8 Å². The van der Waals surface area contributed by atoms with Crippen LogP contribution < -0.4 is 5.73 Å². The monoisotopic (exact) mass is 343 g/mol. The van der Waals surface area contributed by atoms with Gasteiger partial charge in [-0.25, -0.2) is 4.79 Å². The summed E-state index contributed by atoms with van der Waals surface area (Å²) in [5.41, 5.74) is 5.48. The predicted molar refractivity (Wildman–Crippen MR) is 79.2 cm³/mol. The van der Waals surface area contributed by atoms with Crippen molar-refractivity contribution in [3.8, 4) is 0 Å². The lowest BCUT2D eigenvalue weighted by Crippen LogP contribution is -2.34. The van der Waals surface area contributed by atoms with E-state index in [4.69, 9.17) is 5.73 Å². The van der Waals surface area contributed by atoms with E-state index in [1.807, 2.05) is 0 Å². The normalized spacial score (nSPS) is 11.2. The number of rotatable bonds is 12. The minimum Gasteiger partial charge on any atom is -0.393 e. The zero-order valence-corrected chi connectivity index (χ0v) is 13.2. The van der Waals surface area contributed by atoms with Crippen molar-refractivity contribution in [1.82, 2.24) is 0 Å². The van der Waals surface area contributed by atoms with Crippen LogP contribution in [0.2, 0.25) is 0 Å². The molecule has 9 nitrogen and oxygen atoms in total. The van der Waals surface area contributed by atoms with Crippen molar-refractivity contribution in [2.45, 2.75) is 57.4 Å². The summed E-state index contributed by atoms with van der Waals surface area (Å²) in [4.78, 5) is 65.6. The third-order valence-electron chi connectivity index (χ3n) is 2.81. The first-order chi connectivity index (χ1) is 11.4. The number of esters is 4. The number of nitrogens with two attached hydrogens (primary N) is 1. The molecule has 0 aromatic rings. The van der Waals surface area contributed by atoms with Gasteiger partial charge in [0.15, 0.2) is 0 Å². The number of hydrogen-bond acceptors (Lipinski definition) is 9. The fourth-order valence-corrected chi connectivity index (χ4v) is 1.52. The van der Waals surface area contributed by atoms with Crippen molar-refractivity contribution in [2.24, 2.45) is 5.73 Å². The van der Waals surface area contributed by atoms with Gasteiger partial charge in [0.2, 0.25) is 0 Å². The van der Waals surface area contributed by atoms with E-state index in [0.29, 0.717) is 12.6 Å². The Balaban J connectivity index is 3.98. The molecular weight excluding hydrogens is 322 g/mol. The van der Waals surface area contributed by atoms with Crippen LogP contribution >= 0.6 is 0 Å². The van der Waals surface area contributed by atoms with Gasteiger partial charge in [-0.05, 0) is 19.3 Å². The molecule has 0 saturated carbocycles. The van der Waals surface area contributed by atoms with E-state index >= 15 is 0 Å². The maximum Gasteiger partial charge on any atom is 0.330 e. The van der Waals surface area contributed by atoms with Crippen molar-refractivity contribution in [3.05, 3.63) is 0 Å². The summed E-state index contributed by atoms with van der Waals surface area (Å²) in [5, 5.41) is 0. The SMILES string of the molecule is N[C@@H](CCC(=O)OC(=O)CCCC=O)C(=O)OC(=O)CCCC=O. The Morgan fingerprint density at radius 1 is 0.792 bits per heavy atom. The summed E-state index contributed by atoms with van der Waals surface area (Å²) < 4.78 is 8.94. The standard InChI is InChI=1S/C15H21NO8/c16-11(15(22)24-13(20)6-2-4-10-18)7-8-14(21)23-12(19)5-1-3-9-17/h9-11H,1-8,16H2/t11-/m0/s1. The van der Waals surface area contributed by atoms with Crippen molar-refractivity contribution < 1.29 is 38.2 Å². The molecule has 0 fully saturated rings. The quantitative estimate of drug-likeness (QED) is 0.223. The average molecular weight is 343 g/mol. The van der Waals surface area contributed by atoms with Crippen LogP contribution in [0, 0.1) is 0 Å². The van der Waals surface area contributed by atoms with Crippen molar-refractivity contribution in [3.63, 3.8) is 0 Å². The van der Waals surface area contributed by atoms with E-state index in [1.54, 1.807) is 0 Å². The molecule has 0 aliphatic heterocycles. The number of carbonyl (C=O) groups is 6. The molecule has 0 aliphatic carbocycles. The third-order valence-corrected chi connectivity index (χ3v) is 2.81. The third kappa shape index (κ3) is 11.2. The van der Waals surface area contributed by atoms with Gasteiger partial charge in [0.05, 0.1) is 0 Å². The van der Waals surface area contributed by atoms with Gasteiger partial charge in [0, 0.05) is 32.1 Å². The summed E-state index contributed by atoms with van der Waals surface area (Å²) in [5.74, 6) is -3.41. The van der Waals surface area contributed by atoms with Gasteiger partial charge in [-0.1, -0.05) is 0 Å². The van der Waals surface area contributed by atoms with E-state index in [1.165, 1.54) is 0 Å². The Morgan fingerprint density at radius 3 is 1.75 bits per heavy atom. The molecule has 0 aliphatic rings. The number of carbonyl (C=O) groups excluding carboxylic acids is 6. The molecule has 0 bridgehead atoms. The fraction of sp³-hybridized carbons (Fsp3) is 0.600. The van der Waals surface area contributed by atoms with Gasteiger partial charge in [-0.2, -0.15) is 0 Å². The molecule has 0 saturated heterocycles. The highest BCUT2D eigenvalue weighted by molar-refractivity contribution is 5.89. The summed E-state index contributed by atoms with van der Waals surface area (Å²) in [6, 6.07) is -1.21. The van der Waals surface area contributed by atoms with Crippen molar-refractivity contribution >= 4 is 36.4 Å². The Labute approximate surface area is 138 Å². The molecule has 2 N–H and O–H groups in total. The molecule has 0 heterocycles. The first-order valence-electron chi connectivity index (χ1n) is 7.51. The minimum absolute atomic E-state index is 0.0616. The summed E-state index contributed by atoms with van der Waals surface area (Å²) >= 11 is 0. The van der Waals surface area contributed by atoms with Gasteiger partial charge >= 0.3 is 23.9 Å². The Hall–Kier alpha value is -2.42. The van der Waals surface area contributed by atoms with Crippen LogP contribution in [0.25, 0.3) is 0 Å². The second-order valence-electron chi connectivity index (χ2n) is 4.90. The molecule has 0 spiro atoms. The first kappa shape index (κ1) is 21.6. The highest BCUT2D eigenvalue weighted by Crippen LogP contribution is 2.04. The second kappa shape index (κ2) is 13.1. The lowest BCUT2D eigenvalue weighted by atomic mass is 10.1. The molecule has 0 radical (unpaired) electrons. The summed E-state index contributed by atoms with van der Waals surface area (Å²) in [6.45, 7) is 0. The molecular formula is C15H21NO8. The Morgan fingerprint density at radius 2 is 1.25 bits per heavy atom. The second-order valence-corrected chi connectivity index (χ2v) is 4.90. The molecule has 0 amide bonds. The molecule has 134 valence electrons. The van der Waals surface area contributed by atoms with Crippen LogP contribution in [-0.2, 0) is 38.2 Å². The molecule has 24 heavy (non-hydrogen) atoms. The molecule has 0 aromatic heterocycles. The number of aldehydes is 2. The highest BCUT2D eigenvalue weighted by Gasteiger charge is 2.21. The summed E-state index contributed by atoms with van der Waals surface area (Å²) in [7, 11) is 0. The summed E-state index contributed by atoms with van der Waals surface area (Å²) in [6.07, 6.45) is 1.63. The van der Waals surface area contributed by atoms with E-state index in [-0.39, 0.29) is 51.4 Å². The van der Waals surface area contributed by atoms with E-state index in [9.17, 15) is 28.8 Å². The fourth-order valence-electron chi connectivity index (χ4n) is 1.52. The maximum atomic E-state index is 11.5. The van der Waals surface area contributed by atoms with Crippen LogP contribution in [0.3, 0.4) is 0 Å². The number of hydrogen-bond donors (Lipinski definition) is 1. The number of ether oxygens (including phenoxy) is 2.